The van der Waals surface area contributed by atoms with Gasteiger partial charge in [-0.15, -0.1) is 0 Å². The molecule has 3 aliphatic rings. The molecule has 172 valence electrons. The summed E-state index contributed by atoms with van der Waals surface area (Å²) in [6, 6.07) is 2.00. The van der Waals surface area contributed by atoms with Crippen molar-refractivity contribution in [3.8, 4) is 5.82 Å². The number of rotatable bonds is 7. The summed E-state index contributed by atoms with van der Waals surface area (Å²) in [5.74, 6) is 3.34. The zero-order chi connectivity index (χ0) is 21.8. The summed E-state index contributed by atoms with van der Waals surface area (Å²) < 4.78 is 8.19. The highest BCUT2D eigenvalue weighted by Gasteiger charge is 2.28. The molecule has 32 heavy (non-hydrogen) atoms. The molecule has 0 radical (unpaired) electrons. The van der Waals surface area contributed by atoms with Crippen LogP contribution in [0.1, 0.15) is 51.4 Å². The Labute approximate surface area is 190 Å². The van der Waals surface area contributed by atoms with Gasteiger partial charge in [0.2, 0.25) is 5.91 Å². The van der Waals surface area contributed by atoms with Crippen LogP contribution in [0.3, 0.4) is 0 Å². The van der Waals surface area contributed by atoms with E-state index in [0.717, 1.165) is 70.1 Å². The molecule has 2 aromatic rings. The number of likely N-dealkylation sites (tertiary alicyclic amines) is 1. The van der Waals surface area contributed by atoms with Crippen LogP contribution in [0.4, 0.5) is 5.82 Å². The van der Waals surface area contributed by atoms with Gasteiger partial charge < -0.3 is 14.5 Å². The van der Waals surface area contributed by atoms with Gasteiger partial charge in [0.25, 0.3) is 0 Å². The zero-order valence-corrected chi connectivity index (χ0v) is 18.8. The maximum absolute atomic E-state index is 12.6. The lowest BCUT2D eigenvalue weighted by molar-refractivity contribution is -0.134. The number of piperidine rings is 1. The molecule has 0 aromatic carbocycles. The van der Waals surface area contributed by atoms with Crippen molar-refractivity contribution in [3.63, 3.8) is 0 Å². The molecule has 8 heteroatoms. The van der Waals surface area contributed by atoms with Crippen molar-refractivity contribution in [2.45, 2.75) is 57.5 Å². The first-order chi connectivity index (χ1) is 15.7. The van der Waals surface area contributed by atoms with Gasteiger partial charge in [-0.1, -0.05) is 12.8 Å². The maximum atomic E-state index is 12.6. The van der Waals surface area contributed by atoms with Crippen LogP contribution in [0, 0.1) is 11.8 Å². The number of aromatic nitrogens is 4. The summed E-state index contributed by atoms with van der Waals surface area (Å²) in [5.41, 5.74) is 0. The van der Waals surface area contributed by atoms with Crippen molar-refractivity contribution in [1.82, 2.24) is 24.4 Å². The summed E-state index contributed by atoms with van der Waals surface area (Å²) in [6.07, 6.45) is 16.2. The number of hydrogen-bond acceptors (Lipinski definition) is 6. The van der Waals surface area contributed by atoms with Gasteiger partial charge in [-0.25, -0.2) is 15.0 Å². The Bertz CT molecular complexity index is 874. The molecular formula is C24H34N6O2. The number of imidazole rings is 1. The normalized spacial score (nSPS) is 22.7. The van der Waals surface area contributed by atoms with Gasteiger partial charge in [0.05, 0.1) is 6.10 Å². The quantitative estimate of drug-likeness (QED) is 0.661. The van der Waals surface area contributed by atoms with Crippen molar-refractivity contribution in [2.24, 2.45) is 11.8 Å². The highest BCUT2D eigenvalue weighted by atomic mass is 16.5. The molecule has 8 nitrogen and oxygen atoms in total. The Morgan fingerprint density at radius 1 is 1.00 bits per heavy atom. The third-order valence-corrected chi connectivity index (χ3v) is 7.35. The average Bonchev–Trinajstić information content (AvgIpc) is 3.61. The van der Waals surface area contributed by atoms with E-state index in [1.165, 1.54) is 25.7 Å². The molecule has 2 aromatic heterocycles. The van der Waals surface area contributed by atoms with E-state index in [4.69, 9.17) is 4.74 Å². The van der Waals surface area contributed by atoms with E-state index in [0.29, 0.717) is 17.7 Å². The molecule has 0 bridgehead atoms. The SMILES string of the molecule is O=C(CC1CCCC1)N1CCC(COC2CCN(c3cc(-n4ccnc4)ncn3)C2)CC1. The summed E-state index contributed by atoms with van der Waals surface area (Å²) in [6.45, 7) is 4.40. The van der Waals surface area contributed by atoms with E-state index in [1.54, 1.807) is 18.9 Å². The molecule has 1 atom stereocenters. The molecule has 0 spiro atoms. The first-order valence-corrected chi connectivity index (χ1v) is 12.2. The fraction of sp³-hybridized carbons (Fsp3) is 0.667. The number of anilines is 1. The van der Waals surface area contributed by atoms with E-state index < -0.39 is 0 Å². The molecule has 4 heterocycles. The third kappa shape index (κ3) is 5.11. The predicted octanol–water partition coefficient (Wildman–Crippen LogP) is 3.08. The summed E-state index contributed by atoms with van der Waals surface area (Å²) >= 11 is 0. The lowest BCUT2D eigenvalue weighted by Gasteiger charge is -2.33. The van der Waals surface area contributed by atoms with Crippen LogP contribution in [0.5, 0.6) is 0 Å². The van der Waals surface area contributed by atoms with Crippen LogP contribution in [0.2, 0.25) is 0 Å². The van der Waals surface area contributed by atoms with Crippen molar-refractivity contribution in [2.75, 3.05) is 37.7 Å². The topological polar surface area (TPSA) is 76.4 Å². The van der Waals surface area contributed by atoms with Gasteiger partial charge >= 0.3 is 0 Å². The number of amides is 1. The Morgan fingerprint density at radius 3 is 2.59 bits per heavy atom. The van der Waals surface area contributed by atoms with E-state index in [1.807, 2.05) is 16.8 Å². The standard InChI is InChI=1S/C24H34N6O2/c31-24(13-19-3-1-2-4-19)28-9-5-20(6-10-28)16-32-21-7-11-29(15-21)22-14-23(27-17-26-22)30-12-8-25-18-30/h8,12,14,17-21H,1-7,9-11,13,15-16H2. The Hall–Kier alpha value is -2.48. The number of carbonyl (C=O) groups is 1. The fourth-order valence-electron chi connectivity index (χ4n) is 5.33. The van der Waals surface area contributed by atoms with Crippen molar-refractivity contribution in [3.05, 3.63) is 31.1 Å². The Balaban J connectivity index is 1.05. The average molecular weight is 439 g/mol. The van der Waals surface area contributed by atoms with E-state index in [2.05, 4.69) is 24.8 Å². The minimum atomic E-state index is 0.240. The van der Waals surface area contributed by atoms with E-state index in [9.17, 15) is 4.79 Å². The second kappa shape index (κ2) is 9.98. The third-order valence-electron chi connectivity index (χ3n) is 7.35. The first kappa shape index (κ1) is 21.4. The Morgan fingerprint density at radius 2 is 1.81 bits per heavy atom. The maximum Gasteiger partial charge on any atom is 0.222 e. The van der Waals surface area contributed by atoms with Gasteiger partial charge in [0, 0.05) is 57.7 Å². The second-order valence-corrected chi connectivity index (χ2v) is 9.57. The van der Waals surface area contributed by atoms with Gasteiger partial charge in [-0.2, -0.15) is 0 Å². The highest BCUT2D eigenvalue weighted by Crippen LogP contribution is 2.29. The zero-order valence-electron chi connectivity index (χ0n) is 18.8. The predicted molar refractivity (Wildman–Crippen MR) is 122 cm³/mol. The molecule has 2 aliphatic heterocycles. The van der Waals surface area contributed by atoms with Crippen molar-refractivity contribution >= 4 is 11.7 Å². The van der Waals surface area contributed by atoms with Crippen LogP contribution in [0.15, 0.2) is 31.1 Å². The van der Waals surface area contributed by atoms with E-state index >= 15 is 0 Å². The van der Waals surface area contributed by atoms with Crippen LogP contribution in [0.25, 0.3) is 5.82 Å². The lowest BCUT2D eigenvalue weighted by Crippen LogP contribution is -2.40. The monoisotopic (exact) mass is 438 g/mol. The molecule has 2 saturated heterocycles. The van der Waals surface area contributed by atoms with Crippen molar-refractivity contribution < 1.29 is 9.53 Å². The minimum Gasteiger partial charge on any atom is -0.376 e. The van der Waals surface area contributed by atoms with Crippen LogP contribution >= 0.6 is 0 Å². The molecule has 3 fully saturated rings. The summed E-state index contributed by atoms with van der Waals surface area (Å²) in [5, 5.41) is 0. The molecule has 1 unspecified atom stereocenters. The van der Waals surface area contributed by atoms with Gasteiger partial charge in [-0.3, -0.25) is 9.36 Å². The molecular weight excluding hydrogens is 404 g/mol. The molecule has 1 amide bonds. The van der Waals surface area contributed by atoms with Crippen LogP contribution < -0.4 is 4.90 Å². The largest absolute Gasteiger partial charge is 0.376 e. The van der Waals surface area contributed by atoms with Crippen LogP contribution in [-0.2, 0) is 9.53 Å². The van der Waals surface area contributed by atoms with E-state index in [-0.39, 0.29) is 6.10 Å². The number of nitrogens with zero attached hydrogens (tertiary/aromatic N) is 6. The van der Waals surface area contributed by atoms with Gasteiger partial charge in [0.1, 0.15) is 24.3 Å². The Kier molecular flexibility index (Phi) is 6.67. The number of ether oxygens (including phenoxy) is 1. The summed E-state index contributed by atoms with van der Waals surface area (Å²) in [4.78, 5) is 29.8. The minimum absolute atomic E-state index is 0.240. The molecule has 1 saturated carbocycles. The lowest BCUT2D eigenvalue weighted by atomic mass is 9.96. The number of carbonyl (C=O) groups excluding carboxylic acids is 1. The fourth-order valence-corrected chi connectivity index (χ4v) is 5.33. The first-order valence-electron chi connectivity index (χ1n) is 12.2. The smallest absolute Gasteiger partial charge is 0.222 e. The van der Waals surface area contributed by atoms with Crippen LogP contribution in [-0.4, -0.2) is 69.2 Å². The van der Waals surface area contributed by atoms with Gasteiger partial charge in [-0.05, 0) is 43.9 Å². The molecule has 0 N–H and O–H groups in total. The van der Waals surface area contributed by atoms with Crippen molar-refractivity contribution in [1.29, 1.82) is 0 Å². The van der Waals surface area contributed by atoms with Gasteiger partial charge in [0.15, 0.2) is 0 Å². The highest BCUT2D eigenvalue weighted by molar-refractivity contribution is 5.76. The second-order valence-electron chi connectivity index (χ2n) is 9.57. The number of hydrogen-bond donors (Lipinski definition) is 0. The molecule has 1 aliphatic carbocycles. The summed E-state index contributed by atoms with van der Waals surface area (Å²) in [7, 11) is 0. The molecule has 5 rings (SSSR count).